The Hall–Kier alpha value is -1.55. The number of aryl methyl sites for hydroxylation is 2. The Morgan fingerprint density at radius 1 is 1.28 bits per heavy atom. The lowest BCUT2D eigenvalue weighted by Gasteiger charge is -2.24. The van der Waals surface area contributed by atoms with Crippen molar-refractivity contribution in [3.05, 3.63) is 29.3 Å². The van der Waals surface area contributed by atoms with Crippen molar-refractivity contribution < 1.29 is 9.90 Å². The number of nitrogens with one attached hydrogen (secondary N) is 2. The van der Waals surface area contributed by atoms with Gasteiger partial charge < -0.3 is 15.7 Å². The molecule has 3 N–H and O–H groups in total. The fraction of sp³-hybridized carbons (Fsp3) is 0.500. The summed E-state index contributed by atoms with van der Waals surface area (Å²) in [6.45, 7) is 7.70. The van der Waals surface area contributed by atoms with Gasteiger partial charge in [0.1, 0.15) is 0 Å². The van der Waals surface area contributed by atoms with Crippen molar-refractivity contribution in [3.63, 3.8) is 0 Å². The van der Waals surface area contributed by atoms with Crippen LogP contribution in [0.4, 0.5) is 5.69 Å². The zero-order valence-electron chi connectivity index (χ0n) is 11.5. The van der Waals surface area contributed by atoms with E-state index in [2.05, 4.69) is 10.6 Å². The molecule has 100 valence electrons. The first-order valence-corrected chi connectivity index (χ1v) is 6.08. The lowest BCUT2D eigenvalue weighted by molar-refractivity contribution is -0.121. The Bertz CT molecular complexity index is 408. The number of para-hydroxylation sites is 1. The van der Waals surface area contributed by atoms with E-state index in [0.717, 1.165) is 16.8 Å². The predicted molar refractivity (Wildman–Crippen MR) is 73.7 cm³/mol. The third kappa shape index (κ3) is 4.04. The normalized spacial score (nSPS) is 11.2. The summed E-state index contributed by atoms with van der Waals surface area (Å²) >= 11 is 0. The molecule has 0 aromatic heterocycles. The van der Waals surface area contributed by atoms with Gasteiger partial charge >= 0.3 is 0 Å². The monoisotopic (exact) mass is 250 g/mol. The number of anilines is 1. The zero-order valence-corrected chi connectivity index (χ0v) is 11.5. The largest absolute Gasteiger partial charge is 0.394 e. The predicted octanol–water partition coefficient (Wildman–Crippen LogP) is 1.60. The van der Waals surface area contributed by atoms with E-state index < -0.39 is 5.54 Å². The third-order valence-corrected chi connectivity index (χ3v) is 2.78. The van der Waals surface area contributed by atoms with E-state index in [-0.39, 0.29) is 19.1 Å². The lowest BCUT2D eigenvalue weighted by Crippen LogP contribution is -2.48. The molecule has 0 saturated carbocycles. The van der Waals surface area contributed by atoms with E-state index in [9.17, 15) is 4.79 Å². The Morgan fingerprint density at radius 2 is 1.83 bits per heavy atom. The number of rotatable bonds is 5. The van der Waals surface area contributed by atoms with E-state index in [4.69, 9.17) is 5.11 Å². The lowest BCUT2D eigenvalue weighted by atomic mass is 10.1. The molecular formula is C14H22N2O2. The molecule has 0 fully saturated rings. The highest BCUT2D eigenvalue weighted by Crippen LogP contribution is 2.18. The molecule has 1 aromatic rings. The fourth-order valence-corrected chi connectivity index (χ4v) is 1.72. The van der Waals surface area contributed by atoms with Crippen molar-refractivity contribution in [1.29, 1.82) is 0 Å². The first-order chi connectivity index (χ1) is 8.35. The summed E-state index contributed by atoms with van der Waals surface area (Å²) in [6.07, 6.45) is 0. The van der Waals surface area contributed by atoms with Gasteiger partial charge in [0.25, 0.3) is 0 Å². The average molecular weight is 250 g/mol. The van der Waals surface area contributed by atoms with Gasteiger partial charge in [-0.15, -0.1) is 0 Å². The minimum atomic E-state index is -0.584. The second kappa shape index (κ2) is 5.87. The molecule has 0 atom stereocenters. The topological polar surface area (TPSA) is 61.4 Å². The number of benzene rings is 1. The Morgan fingerprint density at radius 3 is 2.33 bits per heavy atom. The van der Waals surface area contributed by atoms with E-state index >= 15 is 0 Å². The summed E-state index contributed by atoms with van der Waals surface area (Å²) in [6, 6.07) is 6.00. The molecule has 0 aliphatic heterocycles. The van der Waals surface area contributed by atoms with Crippen LogP contribution < -0.4 is 10.6 Å². The summed E-state index contributed by atoms with van der Waals surface area (Å²) in [5, 5.41) is 15.0. The molecule has 1 amide bonds. The van der Waals surface area contributed by atoms with Gasteiger partial charge in [-0.1, -0.05) is 18.2 Å². The van der Waals surface area contributed by atoms with Crippen molar-refractivity contribution in [1.82, 2.24) is 5.32 Å². The van der Waals surface area contributed by atoms with Crippen LogP contribution in [0.15, 0.2) is 18.2 Å². The van der Waals surface area contributed by atoms with Crippen molar-refractivity contribution in [2.24, 2.45) is 0 Å². The minimum absolute atomic E-state index is 0.0812. The van der Waals surface area contributed by atoms with Gasteiger partial charge in [0, 0.05) is 5.69 Å². The van der Waals surface area contributed by atoms with Crippen LogP contribution >= 0.6 is 0 Å². The number of aliphatic hydroxyl groups is 1. The van der Waals surface area contributed by atoms with Crippen LogP contribution in [0, 0.1) is 13.8 Å². The molecule has 1 aromatic carbocycles. The zero-order chi connectivity index (χ0) is 13.8. The van der Waals surface area contributed by atoms with Gasteiger partial charge in [-0.2, -0.15) is 0 Å². The molecule has 0 aliphatic carbocycles. The smallest absolute Gasteiger partial charge is 0.239 e. The first-order valence-electron chi connectivity index (χ1n) is 6.08. The Labute approximate surface area is 108 Å². The van der Waals surface area contributed by atoms with E-state index in [1.165, 1.54) is 0 Å². The first kappa shape index (κ1) is 14.5. The van der Waals surface area contributed by atoms with Gasteiger partial charge in [-0.3, -0.25) is 4.79 Å². The molecule has 4 heteroatoms. The maximum absolute atomic E-state index is 11.7. The SMILES string of the molecule is Cc1cccc(C)c1NCC(=O)NC(C)(C)CO. The van der Waals surface area contributed by atoms with Gasteiger partial charge in [0.2, 0.25) is 5.91 Å². The molecule has 0 heterocycles. The summed E-state index contributed by atoms with van der Waals surface area (Å²) < 4.78 is 0. The van der Waals surface area contributed by atoms with Crippen LogP contribution in [-0.4, -0.2) is 29.7 Å². The van der Waals surface area contributed by atoms with Crippen LogP contribution in [-0.2, 0) is 4.79 Å². The van der Waals surface area contributed by atoms with Crippen molar-refractivity contribution >= 4 is 11.6 Å². The molecule has 0 unspecified atom stereocenters. The fourth-order valence-electron chi connectivity index (χ4n) is 1.72. The summed E-state index contributed by atoms with van der Waals surface area (Å²) in [5.74, 6) is -0.128. The van der Waals surface area contributed by atoms with E-state index in [1.807, 2.05) is 32.0 Å². The van der Waals surface area contributed by atoms with Gasteiger partial charge in [0.05, 0.1) is 18.7 Å². The number of aliphatic hydroxyl groups excluding tert-OH is 1. The molecule has 0 spiro atoms. The highest BCUT2D eigenvalue weighted by molar-refractivity contribution is 5.82. The van der Waals surface area contributed by atoms with Gasteiger partial charge in [-0.25, -0.2) is 0 Å². The standard InChI is InChI=1S/C14H22N2O2/c1-10-6-5-7-11(2)13(10)15-8-12(18)16-14(3,4)9-17/h5-7,15,17H,8-9H2,1-4H3,(H,16,18). The molecule has 1 rings (SSSR count). The highest BCUT2D eigenvalue weighted by atomic mass is 16.3. The number of hydrogen-bond donors (Lipinski definition) is 3. The van der Waals surface area contributed by atoms with Crippen LogP contribution in [0.25, 0.3) is 0 Å². The molecule has 4 nitrogen and oxygen atoms in total. The molecule has 0 saturated heterocycles. The maximum atomic E-state index is 11.7. The van der Waals surface area contributed by atoms with Crippen LogP contribution in [0.5, 0.6) is 0 Å². The van der Waals surface area contributed by atoms with E-state index in [1.54, 1.807) is 13.8 Å². The number of carbonyl (C=O) groups excluding carboxylic acids is 1. The van der Waals surface area contributed by atoms with E-state index in [0.29, 0.717) is 0 Å². The molecular weight excluding hydrogens is 228 g/mol. The van der Waals surface area contributed by atoms with Crippen molar-refractivity contribution in [3.8, 4) is 0 Å². The summed E-state index contributed by atoms with van der Waals surface area (Å²) in [5.41, 5.74) is 2.64. The van der Waals surface area contributed by atoms with Crippen LogP contribution in [0.1, 0.15) is 25.0 Å². The molecule has 0 aliphatic rings. The van der Waals surface area contributed by atoms with Gasteiger partial charge in [0.15, 0.2) is 0 Å². The van der Waals surface area contributed by atoms with Gasteiger partial charge in [-0.05, 0) is 38.8 Å². The Balaban J connectivity index is 2.58. The second-order valence-corrected chi connectivity index (χ2v) is 5.21. The molecule has 0 bridgehead atoms. The van der Waals surface area contributed by atoms with Crippen LogP contribution in [0.3, 0.4) is 0 Å². The summed E-state index contributed by atoms with van der Waals surface area (Å²) in [7, 11) is 0. The number of carbonyl (C=O) groups is 1. The number of amides is 1. The quantitative estimate of drug-likeness (QED) is 0.744. The third-order valence-electron chi connectivity index (χ3n) is 2.78. The Kier molecular flexibility index (Phi) is 4.73. The summed E-state index contributed by atoms with van der Waals surface area (Å²) in [4.78, 5) is 11.7. The highest BCUT2D eigenvalue weighted by Gasteiger charge is 2.18. The van der Waals surface area contributed by atoms with Crippen LogP contribution in [0.2, 0.25) is 0 Å². The second-order valence-electron chi connectivity index (χ2n) is 5.21. The molecule has 18 heavy (non-hydrogen) atoms. The molecule has 0 radical (unpaired) electrons. The average Bonchev–Trinajstić information content (AvgIpc) is 2.28. The van der Waals surface area contributed by atoms with Crippen molar-refractivity contribution in [2.75, 3.05) is 18.5 Å². The minimum Gasteiger partial charge on any atom is -0.394 e. The maximum Gasteiger partial charge on any atom is 0.239 e. The number of hydrogen-bond acceptors (Lipinski definition) is 3. The van der Waals surface area contributed by atoms with Crippen molar-refractivity contribution in [2.45, 2.75) is 33.2 Å².